The number of hydrogen-bond acceptors (Lipinski definition) is 2. The molecule has 5 aromatic rings. The zero-order valence-corrected chi connectivity index (χ0v) is 20.5. The molecule has 2 aromatic heterocycles. The van der Waals surface area contributed by atoms with Gasteiger partial charge in [-0.05, 0) is 47.5 Å². The van der Waals surface area contributed by atoms with Gasteiger partial charge in [-0.3, -0.25) is 0 Å². The molecule has 3 aromatic carbocycles. The number of nitriles is 1. The third kappa shape index (κ3) is 4.08. The van der Waals surface area contributed by atoms with Crippen molar-refractivity contribution in [2.45, 2.75) is 34.1 Å². The van der Waals surface area contributed by atoms with Gasteiger partial charge in [0.05, 0.1) is 17.2 Å². The molecule has 0 atom stereocenters. The summed E-state index contributed by atoms with van der Waals surface area (Å²) in [5.74, 6) is -0.597. The lowest BCUT2D eigenvalue weighted by atomic mass is 9.87. The number of benzene rings is 3. The van der Waals surface area contributed by atoms with Crippen LogP contribution >= 0.6 is 0 Å². The summed E-state index contributed by atoms with van der Waals surface area (Å²) in [5, 5.41) is 11.5. The van der Waals surface area contributed by atoms with Gasteiger partial charge >= 0.3 is 0 Å². The maximum Gasteiger partial charge on any atom is 0.216 e. The zero-order chi connectivity index (χ0) is 26.7. The Labute approximate surface area is 207 Å². The second-order valence-corrected chi connectivity index (χ2v) is 10.0. The minimum Gasteiger partial charge on any atom is -0.455 e. The molecule has 3 nitrogen and oxygen atoms in total. The van der Waals surface area contributed by atoms with Crippen LogP contribution in [0.15, 0.2) is 71.3 Å². The van der Waals surface area contributed by atoms with E-state index in [9.17, 15) is 5.26 Å². The van der Waals surface area contributed by atoms with Crippen LogP contribution in [0.3, 0.4) is 0 Å². The molecule has 2 heterocycles. The van der Waals surface area contributed by atoms with Crippen molar-refractivity contribution < 1.29 is 16.1 Å². The number of nitrogens with zero attached hydrogens (tertiary/aromatic N) is 2. The predicted molar refractivity (Wildman–Crippen MR) is 138 cm³/mol. The Bertz CT molecular complexity index is 1720. The summed E-state index contributed by atoms with van der Waals surface area (Å²) >= 11 is 0. The van der Waals surface area contributed by atoms with Gasteiger partial charge in [0.25, 0.3) is 0 Å². The molecule has 0 aliphatic rings. The van der Waals surface area contributed by atoms with Crippen LogP contribution in [0.4, 0.5) is 4.39 Å². The molecule has 0 spiro atoms. The summed E-state index contributed by atoms with van der Waals surface area (Å²) in [5.41, 5.74) is 5.02. The van der Waals surface area contributed by atoms with Crippen molar-refractivity contribution in [2.24, 2.45) is 12.5 Å². The van der Waals surface area contributed by atoms with E-state index < -0.39 is 17.6 Å². The molecule has 0 unspecified atom stereocenters. The van der Waals surface area contributed by atoms with Crippen LogP contribution in [0.25, 0.3) is 44.3 Å². The zero-order valence-electron chi connectivity index (χ0n) is 22.5. The van der Waals surface area contributed by atoms with Crippen molar-refractivity contribution in [1.29, 1.82) is 5.26 Å². The smallest absolute Gasteiger partial charge is 0.216 e. The summed E-state index contributed by atoms with van der Waals surface area (Å²) in [4.78, 5) is 0. The molecule has 0 saturated carbocycles. The number of aryl methyl sites for hydroxylation is 2. The van der Waals surface area contributed by atoms with Crippen molar-refractivity contribution in [3.05, 3.63) is 89.4 Å². The van der Waals surface area contributed by atoms with Gasteiger partial charge in [0.2, 0.25) is 11.9 Å². The molecule has 0 aliphatic heterocycles. The van der Waals surface area contributed by atoms with E-state index in [1.54, 1.807) is 38.5 Å². The first-order valence-corrected chi connectivity index (χ1v) is 11.6. The highest BCUT2D eigenvalue weighted by atomic mass is 19.1. The fraction of sp³-hybridized carbons (Fsp3) is 0.226. The number of fused-ring (bicyclic) bond motifs is 3. The first-order chi connectivity index (χ1) is 17.4. The first-order valence-electron chi connectivity index (χ1n) is 12.6. The van der Waals surface area contributed by atoms with Crippen LogP contribution in [-0.4, -0.2) is 0 Å². The number of halogens is 1. The van der Waals surface area contributed by atoms with Gasteiger partial charge in [0.1, 0.15) is 18.2 Å². The van der Waals surface area contributed by atoms with Gasteiger partial charge < -0.3 is 4.42 Å². The summed E-state index contributed by atoms with van der Waals surface area (Å²) in [6, 6.07) is 21.5. The first kappa shape index (κ1) is 20.4. The van der Waals surface area contributed by atoms with Crippen LogP contribution < -0.4 is 4.57 Å². The molecule has 35 heavy (non-hydrogen) atoms. The van der Waals surface area contributed by atoms with E-state index in [2.05, 4.69) is 6.07 Å². The Morgan fingerprint density at radius 1 is 1.06 bits per heavy atom. The van der Waals surface area contributed by atoms with Crippen LogP contribution in [0.1, 0.15) is 40.2 Å². The standard InChI is InChI=1S/C31H28FN2O/c1-19-11-12-24-29-23(17-33)13-21(20-9-7-6-8-10-20)15-27(29)35-30(24)28(19)26-14-22(16-31(2,3)4)25(32)18-34(26)5/h6-15,18H,16H2,1-5H3/q+1/i16D2. The largest absolute Gasteiger partial charge is 0.455 e. The minimum atomic E-state index is -1.91. The lowest BCUT2D eigenvalue weighted by molar-refractivity contribution is -0.662. The van der Waals surface area contributed by atoms with Gasteiger partial charge in [0, 0.05) is 25.1 Å². The summed E-state index contributed by atoms with van der Waals surface area (Å²) in [6.45, 7) is 7.23. The lowest BCUT2D eigenvalue weighted by Gasteiger charge is -2.18. The molecule has 0 saturated heterocycles. The van der Waals surface area contributed by atoms with E-state index in [0.717, 1.165) is 33.0 Å². The molecule has 174 valence electrons. The van der Waals surface area contributed by atoms with Crippen molar-refractivity contribution in [3.8, 4) is 28.5 Å². The number of pyridine rings is 1. The molecule has 5 rings (SSSR count). The highest BCUT2D eigenvalue weighted by molar-refractivity contribution is 6.12. The van der Waals surface area contributed by atoms with Gasteiger partial charge in [-0.1, -0.05) is 63.2 Å². The molecular formula is C31H28FN2O+. The van der Waals surface area contributed by atoms with Gasteiger partial charge in [0.15, 0.2) is 5.82 Å². The second kappa shape index (κ2) is 8.36. The van der Waals surface area contributed by atoms with E-state index in [1.807, 2.05) is 61.5 Å². The van der Waals surface area contributed by atoms with Crippen molar-refractivity contribution in [2.75, 3.05) is 0 Å². The summed E-state index contributed by atoms with van der Waals surface area (Å²) in [6.07, 6.45) is -0.586. The second-order valence-electron chi connectivity index (χ2n) is 10.0. The molecule has 0 amide bonds. The number of rotatable bonds is 3. The van der Waals surface area contributed by atoms with Crippen LogP contribution in [-0.2, 0) is 13.4 Å². The van der Waals surface area contributed by atoms with E-state index in [4.69, 9.17) is 7.16 Å². The quantitative estimate of drug-likeness (QED) is 0.257. The van der Waals surface area contributed by atoms with Crippen molar-refractivity contribution in [3.63, 3.8) is 0 Å². The van der Waals surface area contributed by atoms with E-state index in [-0.39, 0.29) is 5.56 Å². The number of aromatic nitrogens is 1. The van der Waals surface area contributed by atoms with Gasteiger partial charge in [-0.15, -0.1) is 0 Å². The molecule has 4 heteroatoms. The Morgan fingerprint density at radius 2 is 1.80 bits per heavy atom. The molecule has 0 aliphatic carbocycles. The fourth-order valence-electron chi connectivity index (χ4n) is 4.64. The molecular weight excluding hydrogens is 435 g/mol. The predicted octanol–water partition coefficient (Wildman–Crippen LogP) is 7.65. The number of hydrogen-bond donors (Lipinski definition) is 0. The van der Waals surface area contributed by atoms with Crippen molar-refractivity contribution >= 4 is 21.9 Å². The van der Waals surface area contributed by atoms with Crippen LogP contribution in [0.5, 0.6) is 0 Å². The molecule has 0 N–H and O–H groups in total. The van der Waals surface area contributed by atoms with E-state index in [0.29, 0.717) is 22.4 Å². The monoisotopic (exact) mass is 465 g/mol. The van der Waals surface area contributed by atoms with Crippen LogP contribution in [0.2, 0.25) is 0 Å². The van der Waals surface area contributed by atoms with Gasteiger partial charge in [-0.2, -0.15) is 9.83 Å². The Balaban J connectivity index is 1.83. The highest BCUT2D eigenvalue weighted by Crippen LogP contribution is 2.40. The third-order valence-corrected chi connectivity index (χ3v) is 6.17. The maximum atomic E-state index is 15.1. The average molecular weight is 466 g/mol. The number of furan rings is 1. The summed E-state index contributed by atoms with van der Waals surface area (Å²) in [7, 11) is 1.74. The molecule has 0 radical (unpaired) electrons. The lowest BCUT2D eigenvalue weighted by Crippen LogP contribution is -2.32. The average Bonchev–Trinajstić information content (AvgIpc) is 3.22. The maximum absolute atomic E-state index is 15.1. The Hall–Kier alpha value is -3.97. The normalized spacial score (nSPS) is 13.1. The summed E-state index contributed by atoms with van der Waals surface area (Å²) < 4.78 is 40.7. The van der Waals surface area contributed by atoms with Gasteiger partial charge in [-0.25, -0.2) is 4.39 Å². The Kier molecular flexibility index (Phi) is 4.87. The highest BCUT2D eigenvalue weighted by Gasteiger charge is 2.25. The SMILES string of the molecule is [2H]C([2H])(c1cc(-c2c(C)ccc3c2oc2cc(-c4ccccc4)cc(C#N)c23)[n+](C)cc1F)C(C)(C)C. The molecule has 0 fully saturated rings. The Morgan fingerprint density at radius 3 is 2.49 bits per heavy atom. The minimum absolute atomic E-state index is 0.00434. The van der Waals surface area contributed by atoms with Crippen LogP contribution in [0, 0.1) is 29.5 Å². The van der Waals surface area contributed by atoms with E-state index >= 15 is 4.39 Å². The fourth-order valence-corrected chi connectivity index (χ4v) is 4.64. The van der Waals surface area contributed by atoms with E-state index in [1.165, 1.54) is 6.20 Å². The van der Waals surface area contributed by atoms with Crippen molar-refractivity contribution in [1.82, 2.24) is 0 Å². The third-order valence-electron chi connectivity index (χ3n) is 6.17. The molecule has 0 bridgehead atoms. The topological polar surface area (TPSA) is 40.8 Å².